The average molecular weight is 388 g/mol. The van der Waals surface area contributed by atoms with Gasteiger partial charge in [0.2, 0.25) is 17.7 Å². The second kappa shape index (κ2) is 8.81. The number of anilines is 2. The fourth-order valence-corrected chi connectivity index (χ4v) is 2.92. The van der Waals surface area contributed by atoms with Crippen LogP contribution in [0.15, 0.2) is 47.4 Å². The molecule has 0 aliphatic carbocycles. The molecule has 0 aromatic heterocycles. The molecular formula is C17H16N4O5S. The molecule has 140 valence electrons. The van der Waals surface area contributed by atoms with Crippen LogP contribution >= 0.6 is 11.8 Å². The molecule has 0 saturated carbocycles. The van der Waals surface area contributed by atoms with E-state index in [0.29, 0.717) is 11.4 Å². The minimum atomic E-state index is -0.768. The van der Waals surface area contributed by atoms with Gasteiger partial charge >= 0.3 is 0 Å². The molecule has 0 atom stereocenters. The molecular weight excluding hydrogens is 372 g/mol. The molecule has 4 N–H and O–H groups in total. The molecule has 0 fully saturated rings. The zero-order valence-corrected chi connectivity index (χ0v) is 15.0. The van der Waals surface area contributed by atoms with Crippen LogP contribution in [-0.2, 0) is 9.59 Å². The first-order valence-corrected chi connectivity index (χ1v) is 8.63. The fraction of sp³-hybridized carbons (Fsp3) is 0.118. The highest BCUT2D eigenvalue weighted by Gasteiger charge is 2.18. The van der Waals surface area contributed by atoms with Gasteiger partial charge in [0.05, 0.1) is 15.6 Å². The van der Waals surface area contributed by atoms with Crippen LogP contribution in [0, 0.1) is 10.1 Å². The maximum Gasteiger partial charge on any atom is 0.283 e. The average Bonchev–Trinajstić information content (AvgIpc) is 2.61. The van der Waals surface area contributed by atoms with Crippen LogP contribution in [0.1, 0.15) is 17.3 Å². The number of nitrogens with one attached hydrogen (secondary N) is 2. The van der Waals surface area contributed by atoms with Crippen molar-refractivity contribution in [3.05, 3.63) is 58.1 Å². The van der Waals surface area contributed by atoms with Gasteiger partial charge in [0, 0.05) is 29.9 Å². The Morgan fingerprint density at radius 1 is 1.07 bits per heavy atom. The fourth-order valence-electron chi connectivity index (χ4n) is 2.12. The van der Waals surface area contributed by atoms with Gasteiger partial charge in [-0.25, -0.2) is 0 Å². The molecule has 0 radical (unpaired) electrons. The molecule has 0 unspecified atom stereocenters. The van der Waals surface area contributed by atoms with E-state index < -0.39 is 10.8 Å². The Balaban J connectivity index is 2.00. The first-order chi connectivity index (χ1) is 12.8. The summed E-state index contributed by atoms with van der Waals surface area (Å²) in [6.45, 7) is 1.39. The number of hydrogen-bond donors (Lipinski definition) is 3. The molecule has 2 rings (SSSR count). The maximum absolute atomic E-state index is 12.1. The summed E-state index contributed by atoms with van der Waals surface area (Å²) < 4.78 is 0. The molecule has 2 aromatic carbocycles. The van der Waals surface area contributed by atoms with Crippen molar-refractivity contribution in [2.75, 3.05) is 16.4 Å². The Bertz CT molecular complexity index is 899. The lowest BCUT2D eigenvalue weighted by Crippen LogP contribution is -2.14. The molecule has 0 aliphatic rings. The molecule has 9 nitrogen and oxygen atoms in total. The van der Waals surface area contributed by atoms with Gasteiger partial charge in [0.1, 0.15) is 0 Å². The predicted molar refractivity (Wildman–Crippen MR) is 102 cm³/mol. The zero-order chi connectivity index (χ0) is 20.0. The number of nitro groups is 1. The lowest BCUT2D eigenvalue weighted by Gasteiger charge is -2.07. The third-order valence-electron chi connectivity index (χ3n) is 3.29. The maximum atomic E-state index is 12.1. The highest BCUT2D eigenvalue weighted by atomic mass is 32.2. The van der Waals surface area contributed by atoms with E-state index in [0.717, 1.165) is 17.8 Å². The SMILES string of the molecule is CC(=O)Nc1ccc(NC(=O)CSc2ccc(C(N)=O)cc2[N+](=O)[O-])cc1. The standard InChI is InChI=1S/C17H16N4O5S/c1-10(22)19-12-3-5-13(6-4-12)20-16(23)9-27-15-7-2-11(17(18)24)8-14(15)21(25)26/h2-8H,9H2,1H3,(H2,18,24)(H,19,22)(H,20,23). The van der Waals surface area contributed by atoms with Gasteiger partial charge in [-0.3, -0.25) is 24.5 Å². The van der Waals surface area contributed by atoms with E-state index in [2.05, 4.69) is 10.6 Å². The Labute approximate surface area is 158 Å². The number of carbonyl (C=O) groups is 3. The molecule has 0 saturated heterocycles. The summed E-state index contributed by atoms with van der Waals surface area (Å²) in [5, 5.41) is 16.4. The summed E-state index contributed by atoms with van der Waals surface area (Å²) in [5.74, 6) is -1.40. The molecule has 0 spiro atoms. The predicted octanol–water partition coefficient (Wildman–Crippen LogP) is 2.38. The van der Waals surface area contributed by atoms with Gasteiger partial charge in [0.25, 0.3) is 5.69 Å². The second-order valence-electron chi connectivity index (χ2n) is 5.40. The van der Waals surface area contributed by atoms with Gasteiger partial charge in [0.15, 0.2) is 0 Å². The normalized spacial score (nSPS) is 10.1. The number of primary amides is 1. The van der Waals surface area contributed by atoms with Crippen molar-refractivity contribution in [1.29, 1.82) is 0 Å². The Hall–Kier alpha value is -3.40. The lowest BCUT2D eigenvalue weighted by atomic mass is 10.2. The minimum absolute atomic E-state index is 0.0229. The van der Waals surface area contributed by atoms with Crippen molar-refractivity contribution < 1.29 is 19.3 Å². The minimum Gasteiger partial charge on any atom is -0.366 e. The van der Waals surface area contributed by atoms with Crippen molar-refractivity contribution in [2.24, 2.45) is 5.73 Å². The van der Waals surface area contributed by atoms with Crippen LogP contribution < -0.4 is 16.4 Å². The summed E-state index contributed by atoms with van der Waals surface area (Å²) in [7, 11) is 0. The van der Waals surface area contributed by atoms with Gasteiger partial charge in [-0.15, -0.1) is 11.8 Å². The van der Waals surface area contributed by atoms with Crippen LogP contribution in [0.25, 0.3) is 0 Å². The van der Waals surface area contributed by atoms with Gasteiger partial charge in [-0.1, -0.05) is 0 Å². The van der Waals surface area contributed by atoms with Gasteiger partial charge in [-0.2, -0.15) is 0 Å². The Morgan fingerprint density at radius 2 is 1.67 bits per heavy atom. The molecule has 2 aromatic rings. The summed E-state index contributed by atoms with van der Waals surface area (Å²) in [6.07, 6.45) is 0. The highest BCUT2D eigenvalue weighted by molar-refractivity contribution is 8.00. The van der Waals surface area contributed by atoms with E-state index in [1.165, 1.54) is 19.1 Å². The van der Waals surface area contributed by atoms with E-state index in [1.807, 2.05) is 0 Å². The third kappa shape index (κ3) is 5.82. The van der Waals surface area contributed by atoms with E-state index in [9.17, 15) is 24.5 Å². The molecule has 0 bridgehead atoms. The monoisotopic (exact) mass is 388 g/mol. The van der Waals surface area contributed by atoms with Crippen molar-refractivity contribution in [2.45, 2.75) is 11.8 Å². The zero-order valence-electron chi connectivity index (χ0n) is 14.2. The Morgan fingerprint density at radius 3 is 2.19 bits per heavy atom. The second-order valence-corrected chi connectivity index (χ2v) is 6.42. The first kappa shape index (κ1) is 19.9. The van der Waals surface area contributed by atoms with Crippen molar-refractivity contribution in [3.8, 4) is 0 Å². The summed E-state index contributed by atoms with van der Waals surface area (Å²) in [4.78, 5) is 44.9. The van der Waals surface area contributed by atoms with E-state index in [-0.39, 0.29) is 33.7 Å². The molecule has 10 heteroatoms. The van der Waals surface area contributed by atoms with Crippen LogP contribution in [0.5, 0.6) is 0 Å². The number of hydrogen-bond acceptors (Lipinski definition) is 6. The van der Waals surface area contributed by atoms with Gasteiger partial charge in [-0.05, 0) is 36.4 Å². The topological polar surface area (TPSA) is 144 Å². The number of carbonyl (C=O) groups excluding carboxylic acids is 3. The number of benzene rings is 2. The molecule has 27 heavy (non-hydrogen) atoms. The van der Waals surface area contributed by atoms with Crippen molar-refractivity contribution in [1.82, 2.24) is 0 Å². The van der Waals surface area contributed by atoms with Crippen molar-refractivity contribution in [3.63, 3.8) is 0 Å². The third-order valence-corrected chi connectivity index (χ3v) is 4.35. The van der Waals surface area contributed by atoms with E-state index in [1.54, 1.807) is 24.3 Å². The van der Waals surface area contributed by atoms with Crippen LogP contribution in [-0.4, -0.2) is 28.4 Å². The van der Waals surface area contributed by atoms with Crippen molar-refractivity contribution >= 4 is 46.5 Å². The highest BCUT2D eigenvalue weighted by Crippen LogP contribution is 2.30. The molecule has 0 aliphatic heterocycles. The van der Waals surface area contributed by atoms with Gasteiger partial charge < -0.3 is 16.4 Å². The largest absolute Gasteiger partial charge is 0.366 e. The summed E-state index contributed by atoms with van der Waals surface area (Å²) in [6, 6.07) is 10.4. The van der Waals surface area contributed by atoms with Crippen LogP contribution in [0.3, 0.4) is 0 Å². The van der Waals surface area contributed by atoms with E-state index in [4.69, 9.17) is 5.73 Å². The number of rotatable bonds is 7. The quantitative estimate of drug-likeness (QED) is 0.377. The lowest BCUT2D eigenvalue weighted by molar-refractivity contribution is -0.387. The van der Waals surface area contributed by atoms with E-state index >= 15 is 0 Å². The Kier molecular flexibility index (Phi) is 6.50. The molecule has 0 heterocycles. The number of amides is 3. The van der Waals surface area contributed by atoms with Crippen LogP contribution in [0.4, 0.5) is 17.1 Å². The number of nitro benzene ring substituents is 1. The molecule has 3 amide bonds. The summed E-state index contributed by atoms with van der Waals surface area (Å²) in [5.41, 5.74) is 5.98. The smallest absolute Gasteiger partial charge is 0.283 e. The first-order valence-electron chi connectivity index (χ1n) is 7.65. The number of nitrogens with two attached hydrogens (primary N) is 1. The number of thioether (sulfide) groups is 1. The summed E-state index contributed by atoms with van der Waals surface area (Å²) >= 11 is 0.972. The van der Waals surface area contributed by atoms with Crippen LogP contribution in [0.2, 0.25) is 0 Å². The number of nitrogens with zero attached hydrogens (tertiary/aromatic N) is 1.